The Kier molecular flexibility index (Phi) is 25.7. The van der Waals surface area contributed by atoms with Gasteiger partial charge in [-0.1, -0.05) is 0 Å². The van der Waals surface area contributed by atoms with Crippen molar-refractivity contribution in [2.75, 3.05) is 0 Å². The molecule has 0 aliphatic heterocycles. The summed E-state index contributed by atoms with van der Waals surface area (Å²) in [6.07, 6.45) is 4.78. The molecule has 7 nitrogen and oxygen atoms in total. The summed E-state index contributed by atoms with van der Waals surface area (Å²) in [5.41, 5.74) is 3.34. The molecule has 0 unspecified atom stereocenters. The number of rotatable bonds is 10. The fourth-order valence-corrected chi connectivity index (χ4v) is 6.29. The van der Waals surface area contributed by atoms with E-state index in [1.807, 2.05) is 36.4 Å². The van der Waals surface area contributed by atoms with Crippen molar-refractivity contribution < 1.29 is 48.6 Å². The number of benzene rings is 3. The van der Waals surface area contributed by atoms with Crippen LogP contribution in [0.5, 0.6) is 0 Å². The molecule has 3 aromatic carbocycles. The van der Waals surface area contributed by atoms with Crippen LogP contribution < -0.4 is 0 Å². The minimum absolute atomic E-state index is 0.0223. The maximum atomic E-state index is 13.1. The monoisotopic (exact) mass is 658 g/mol. The van der Waals surface area contributed by atoms with Crippen LogP contribution in [0.3, 0.4) is 0 Å². The Labute approximate surface area is 281 Å². The molecule has 4 atom stereocenters. The number of ketones is 1. The Bertz CT molecular complexity index is 1330. The van der Waals surface area contributed by atoms with Gasteiger partial charge in [-0.2, -0.15) is 0 Å². The molecule has 4 rings (SSSR count). The van der Waals surface area contributed by atoms with Crippen molar-refractivity contribution in [1.82, 2.24) is 0 Å². The van der Waals surface area contributed by atoms with Crippen LogP contribution in [0, 0.1) is 45.1 Å². The van der Waals surface area contributed by atoms with Crippen LogP contribution >= 0.6 is 0 Å². The zero-order chi connectivity index (χ0) is 35.5. The second-order valence-electron chi connectivity index (χ2n) is 10.9. The van der Waals surface area contributed by atoms with Gasteiger partial charge in [-0.15, -0.1) is 0 Å². The quantitative estimate of drug-likeness (QED) is 0.126. The van der Waals surface area contributed by atoms with E-state index in [1.165, 1.54) is 17.5 Å². The third kappa shape index (κ3) is 14.7. The van der Waals surface area contributed by atoms with Gasteiger partial charge in [-0.3, -0.25) is 0 Å². The standard InChI is InChI=1S/C33H38O2.5CO.Cr/c1-25-19-20-30(33(2,3)29-17-11-6-12-18-29)32(23-25)35-22-21-28(26-13-7-4-8-14-26)24-31(34)27-15-9-5-10-16-27;5*1-2;/h4-18,25,28,30,32H,19-21,23-24H2,1-3H3;;;;;;/t25-,28+,30-,32-;;;;;;/m1....../s1. The summed E-state index contributed by atoms with van der Waals surface area (Å²) >= 11 is 3.25. The maximum absolute atomic E-state index is 13.1. The van der Waals surface area contributed by atoms with E-state index in [-0.39, 0.29) is 23.2 Å². The topological polar surface area (TPSA) is 126 Å². The van der Waals surface area contributed by atoms with Crippen molar-refractivity contribution in [1.29, 1.82) is 0 Å². The molecule has 0 N–H and O–H groups in total. The van der Waals surface area contributed by atoms with Gasteiger partial charge >= 0.3 is 282 Å². The van der Waals surface area contributed by atoms with Crippen LogP contribution in [0.1, 0.15) is 80.3 Å². The number of carbonyl (C=O) groups is 1. The zero-order valence-corrected chi connectivity index (χ0v) is 27.5. The zero-order valence-electron chi connectivity index (χ0n) is 26.3. The first-order chi connectivity index (χ1) is 22.3. The predicted molar refractivity (Wildman–Crippen MR) is 165 cm³/mol. The number of ether oxygens (including phenoxy) is 1. The summed E-state index contributed by atoms with van der Waals surface area (Å²) in [4.78, 5) is 13.1. The molecule has 1 aliphatic rings. The van der Waals surface area contributed by atoms with E-state index < -0.39 is 0 Å². The molecule has 0 aromatic heterocycles. The van der Waals surface area contributed by atoms with E-state index in [0.717, 1.165) is 23.0 Å². The van der Waals surface area contributed by atoms with Crippen LogP contribution in [0.2, 0.25) is 0 Å². The van der Waals surface area contributed by atoms with Gasteiger partial charge in [0.1, 0.15) is 0 Å². The molecule has 1 saturated carbocycles. The van der Waals surface area contributed by atoms with Crippen molar-refractivity contribution in [2.45, 2.75) is 70.3 Å². The fraction of sp³-hybridized carbons (Fsp3) is 0.342. The normalized spacial score (nSPS) is 16.7. The SMILES string of the molecule is C[C@@H]1CC[C@@H](C(C)(C)c2ccccc2)[C@H](O[C](=[Cr])C[C@@H](CC(=O)c2ccccc2)c2ccccc2)C1.[C-]#[O+].[C-]#[O+].[C-]#[O+].[C-]#[O+].[C-]#[O+]. The minimum atomic E-state index is 0.0223. The first-order valence-corrected chi connectivity index (χ1v) is 14.9. The average molecular weight is 659 g/mol. The third-order valence-electron chi connectivity index (χ3n) is 7.99. The third-order valence-corrected chi connectivity index (χ3v) is 8.40. The van der Waals surface area contributed by atoms with Gasteiger partial charge in [0.2, 0.25) is 0 Å². The second kappa shape index (κ2) is 26.6. The summed E-state index contributed by atoms with van der Waals surface area (Å²) in [6.45, 7) is 29.6. The molecule has 3 aromatic rings. The van der Waals surface area contributed by atoms with Gasteiger partial charge in [-0.25, -0.2) is 0 Å². The van der Waals surface area contributed by atoms with Gasteiger partial charge in [-0.05, 0) is 0 Å². The van der Waals surface area contributed by atoms with Crippen LogP contribution in [-0.4, -0.2) is 16.5 Å². The molecule has 0 amide bonds. The molecule has 46 heavy (non-hydrogen) atoms. The Balaban J connectivity index is 0. The summed E-state index contributed by atoms with van der Waals surface area (Å²) in [6, 6.07) is 30.9. The first-order valence-electron chi connectivity index (χ1n) is 14.2. The number of hydrogen-bond acceptors (Lipinski definition) is 2. The van der Waals surface area contributed by atoms with Crippen LogP contribution in [0.25, 0.3) is 0 Å². The van der Waals surface area contributed by atoms with Gasteiger partial charge in [0, 0.05) is 0 Å². The van der Waals surface area contributed by atoms with Crippen LogP contribution in [-0.2, 0) is 49.3 Å². The van der Waals surface area contributed by atoms with E-state index in [1.54, 1.807) is 0 Å². The number of carbonyl (C=O) groups excluding carboxylic acids is 1. The molecule has 0 heterocycles. The Morgan fingerprint density at radius 1 is 0.761 bits per heavy atom. The van der Waals surface area contributed by atoms with Crippen LogP contribution in [0.4, 0.5) is 0 Å². The summed E-state index contributed by atoms with van der Waals surface area (Å²) < 4.78 is 45.2. The predicted octanol–water partition coefficient (Wildman–Crippen LogP) is 7.72. The van der Waals surface area contributed by atoms with E-state index in [9.17, 15) is 4.79 Å². The molecule has 8 heteroatoms. The van der Waals surface area contributed by atoms with E-state index in [0.29, 0.717) is 24.7 Å². The van der Waals surface area contributed by atoms with Gasteiger partial charge < -0.3 is 0 Å². The van der Waals surface area contributed by atoms with Crippen LogP contribution in [0.15, 0.2) is 91.0 Å². The van der Waals surface area contributed by atoms with Gasteiger partial charge in [0.25, 0.3) is 0 Å². The average Bonchev–Trinajstić information content (AvgIpc) is 3.13. The van der Waals surface area contributed by atoms with E-state index >= 15 is 0 Å². The van der Waals surface area contributed by atoms with Gasteiger partial charge in [0.05, 0.1) is 0 Å². The first kappa shape index (κ1) is 44.5. The molecular weight excluding hydrogens is 620 g/mol. The number of hydrogen-bond donors (Lipinski definition) is 0. The Morgan fingerprint density at radius 2 is 1.22 bits per heavy atom. The van der Waals surface area contributed by atoms with Crippen molar-refractivity contribution in [3.8, 4) is 0 Å². The molecule has 1 aliphatic carbocycles. The van der Waals surface area contributed by atoms with Crippen molar-refractivity contribution in [3.63, 3.8) is 0 Å². The van der Waals surface area contributed by atoms with E-state index in [2.05, 4.69) is 124 Å². The Morgan fingerprint density at radius 3 is 1.72 bits per heavy atom. The van der Waals surface area contributed by atoms with Crippen molar-refractivity contribution in [2.24, 2.45) is 11.8 Å². The molecule has 1 fully saturated rings. The van der Waals surface area contributed by atoms with Gasteiger partial charge in [0.15, 0.2) is 0 Å². The molecular formula is C38H38CrO7. The molecule has 0 saturated heterocycles. The van der Waals surface area contributed by atoms with E-state index in [4.69, 9.17) is 28.0 Å². The van der Waals surface area contributed by atoms with Crippen molar-refractivity contribution in [3.05, 3.63) is 141 Å². The molecule has 0 bridgehead atoms. The molecule has 0 radical (unpaired) electrons. The Hall–Kier alpha value is -3.61. The molecule has 0 spiro atoms. The summed E-state index contributed by atoms with van der Waals surface area (Å²) in [7, 11) is 0. The van der Waals surface area contributed by atoms with Crippen molar-refractivity contribution >= 4 is 10.3 Å². The summed E-state index contributed by atoms with van der Waals surface area (Å²) in [5, 5.41) is 0. The summed E-state index contributed by atoms with van der Waals surface area (Å²) in [5.74, 6) is 1.32. The fourth-order valence-electron chi connectivity index (χ4n) is 5.78. The number of Topliss-reactive ketones (excluding diaryl/α,β-unsaturated/α-hetero) is 1. The second-order valence-corrected chi connectivity index (χ2v) is 11.7. The molecule has 238 valence electrons.